The number of hydrogen-bond donors (Lipinski definition) is 7. The van der Waals surface area contributed by atoms with Crippen molar-refractivity contribution in [1.29, 1.82) is 0 Å². The lowest BCUT2D eigenvalue weighted by molar-refractivity contribution is -0.419. The van der Waals surface area contributed by atoms with Gasteiger partial charge in [-0.3, -0.25) is 0 Å². The van der Waals surface area contributed by atoms with Crippen LogP contribution in [0, 0.1) is 5.92 Å². The summed E-state index contributed by atoms with van der Waals surface area (Å²) in [5.41, 5.74) is -2.73. The van der Waals surface area contributed by atoms with Crippen molar-refractivity contribution in [3.8, 4) is 0 Å². The van der Waals surface area contributed by atoms with Crippen molar-refractivity contribution in [3.05, 3.63) is 12.3 Å². The first kappa shape index (κ1) is 19.0. The Morgan fingerprint density at radius 1 is 1.08 bits per heavy atom. The number of aliphatic hydroxyl groups excluding tert-OH is 4. The Morgan fingerprint density at radius 2 is 1.76 bits per heavy atom. The van der Waals surface area contributed by atoms with Crippen molar-refractivity contribution in [2.75, 3.05) is 6.61 Å². The molecule has 1 saturated carbocycles. The summed E-state index contributed by atoms with van der Waals surface area (Å²) in [6.45, 7) is 0.448. The van der Waals surface area contributed by atoms with E-state index in [0.29, 0.717) is 0 Å². The second-order valence-corrected chi connectivity index (χ2v) is 7.18. The predicted octanol–water partition coefficient (Wildman–Crippen LogP) is -3.11. The number of rotatable bonds is 3. The topological polar surface area (TPSA) is 169 Å². The van der Waals surface area contributed by atoms with Gasteiger partial charge in [0.1, 0.15) is 18.3 Å². The average Bonchev–Trinajstić information content (AvgIpc) is 2.81. The molecule has 10 heteroatoms. The molecule has 144 valence electrons. The van der Waals surface area contributed by atoms with Gasteiger partial charge in [0.15, 0.2) is 6.29 Å². The van der Waals surface area contributed by atoms with Crippen LogP contribution in [0.25, 0.3) is 0 Å². The van der Waals surface area contributed by atoms with E-state index in [1.807, 2.05) is 0 Å². The summed E-state index contributed by atoms with van der Waals surface area (Å²) in [7, 11) is 0. The summed E-state index contributed by atoms with van der Waals surface area (Å²) in [6.07, 6.45) is -5.41. The molecule has 0 spiro atoms. The van der Waals surface area contributed by atoms with E-state index in [0.717, 1.165) is 0 Å². The van der Waals surface area contributed by atoms with Crippen molar-refractivity contribution in [2.24, 2.45) is 5.92 Å². The van der Waals surface area contributed by atoms with E-state index in [-0.39, 0.29) is 12.8 Å². The van der Waals surface area contributed by atoms with Gasteiger partial charge in [-0.05, 0) is 25.8 Å². The molecule has 0 bridgehead atoms. The van der Waals surface area contributed by atoms with Gasteiger partial charge in [-0.2, -0.15) is 0 Å². The summed E-state index contributed by atoms with van der Waals surface area (Å²) in [5, 5.41) is 70.1. The maximum absolute atomic E-state index is 10.7. The summed E-state index contributed by atoms with van der Waals surface area (Å²) in [6, 6.07) is 0. The third-order valence-corrected chi connectivity index (χ3v) is 5.31. The molecule has 0 aromatic carbocycles. The first-order valence-corrected chi connectivity index (χ1v) is 8.03. The zero-order valence-corrected chi connectivity index (χ0v) is 13.6. The van der Waals surface area contributed by atoms with E-state index >= 15 is 0 Å². The molecule has 0 aromatic heterocycles. The molecule has 9 atom stereocenters. The highest BCUT2D eigenvalue weighted by Gasteiger charge is 2.60. The standard InChI is InChI=1S/C15H24O10/c1-13(20)2-3-14(21)4-5-23-12(9(13)14)24-11-8(18)7(17)10(19)15(22,6-16)25-11/h4-5,7-12,16-22H,2-3,6H2,1H3/t7-,8-,9?,10+,11+,12?,13+,14-,15+/m1/s1. The minimum atomic E-state index is -2.55. The fourth-order valence-corrected chi connectivity index (χ4v) is 3.77. The fraction of sp³-hybridized carbons (Fsp3) is 0.867. The molecule has 0 amide bonds. The molecule has 0 aromatic rings. The normalized spacial score (nSPS) is 55.7. The van der Waals surface area contributed by atoms with Crippen LogP contribution < -0.4 is 0 Å². The third kappa shape index (κ3) is 2.97. The van der Waals surface area contributed by atoms with Gasteiger partial charge in [0.25, 0.3) is 0 Å². The molecule has 2 aliphatic heterocycles. The Hall–Kier alpha value is -0.820. The van der Waals surface area contributed by atoms with Crippen LogP contribution in [0.2, 0.25) is 0 Å². The number of fused-ring (bicyclic) bond motifs is 1. The molecule has 3 rings (SSSR count). The van der Waals surface area contributed by atoms with Crippen LogP contribution in [0.5, 0.6) is 0 Å². The molecule has 10 nitrogen and oxygen atoms in total. The SMILES string of the molecule is C[C@]1(O)CC[C@@]2(O)C=COC(O[C@H]3O[C@@](O)(CO)[C@@H](O)[C@H](O)[C@H]3O)C12. The van der Waals surface area contributed by atoms with Gasteiger partial charge in [-0.1, -0.05) is 0 Å². The minimum Gasteiger partial charge on any atom is -0.472 e. The Kier molecular flexibility index (Phi) is 4.64. The maximum Gasteiger partial charge on any atom is 0.221 e. The van der Waals surface area contributed by atoms with Gasteiger partial charge in [0.05, 0.1) is 30.0 Å². The summed E-state index contributed by atoms with van der Waals surface area (Å²) in [4.78, 5) is 0. The van der Waals surface area contributed by atoms with Gasteiger partial charge >= 0.3 is 0 Å². The molecule has 25 heavy (non-hydrogen) atoms. The Morgan fingerprint density at radius 3 is 2.40 bits per heavy atom. The van der Waals surface area contributed by atoms with Crippen molar-refractivity contribution in [2.45, 2.75) is 67.6 Å². The van der Waals surface area contributed by atoms with E-state index in [4.69, 9.17) is 14.2 Å². The molecule has 2 heterocycles. The van der Waals surface area contributed by atoms with Gasteiger partial charge in [-0.15, -0.1) is 0 Å². The van der Waals surface area contributed by atoms with E-state index in [1.54, 1.807) is 0 Å². The number of ether oxygens (including phenoxy) is 3. The van der Waals surface area contributed by atoms with Crippen molar-refractivity contribution in [3.63, 3.8) is 0 Å². The monoisotopic (exact) mass is 364 g/mol. The van der Waals surface area contributed by atoms with Crippen molar-refractivity contribution < 1.29 is 50.0 Å². The maximum atomic E-state index is 10.7. The Labute approximate surface area is 143 Å². The summed E-state index contributed by atoms with van der Waals surface area (Å²) >= 11 is 0. The predicted molar refractivity (Wildman–Crippen MR) is 78.3 cm³/mol. The van der Waals surface area contributed by atoms with E-state index < -0.39 is 60.4 Å². The summed E-state index contributed by atoms with van der Waals surface area (Å²) < 4.78 is 15.8. The van der Waals surface area contributed by atoms with Crippen molar-refractivity contribution >= 4 is 0 Å². The van der Waals surface area contributed by atoms with Crippen LogP contribution >= 0.6 is 0 Å². The minimum absolute atomic E-state index is 0.264. The average molecular weight is 364 g/mol. The fourth-order valence-electron chi connectivity index (χ4n) is 3.77. The van der Waals surface area contributed by atoms with E-state index in [2.05, 4.69) is 0 Å². The second kappa shape index (κ2) is 6.12. The van der Waals surface area contributed by atoms with Crippen LogP contribution in [-0.2, 0) is 14.2 Å². The van der Waals surface area contributed by atoms with Gasteiger partial charge in [0, 0.05) is 0 Å². The lowest BCUT2D eigenvalue weighted by Gasteiger charge is -2.47. The van der Waals surface area contributed by atoms with E-state index in [1.165, 1.54) is 19.3 Å². The van der Waals surface area contributed by atoms with E-state index in [9.17, 15) is 35.7 Å². The molecular formula is C15H24O10. The van der Waals surface area contributed by atoms with Crippen LogP contribution in [0.15, 0.2) is 12.3 Å². The quantitative estimate of drug-likeness (QED) is 0.272. The number of aliphatic hydroxyl groups is 7. The van der Waals surface area contributed by atoms with Gasteiger partial charge in [-0.25, -0.2) is 0 Å². The molecular weight excluding hydrogens is 340 g/mol. The second-order valence-electron chi connectivity index (χ2n) is 7.18. The molecule has 3 aliphatic rings. The smallest absolute Gasteiger partial charge is 0.221 e. The third-order valence-electron chi connectivity index (χ3n) is 5.31. The first-order chi connectivity index (χ1) is 11.5. The molecule has 7 N–H and O–H groups in total. The zero-order chi connectivity index (χ0) is 18.6. The largest absolute Gasteiger partial charge is 0.472 e. The van der Waals surface area contributed by atoms with Crippen molar-refractivity contribution in [1.82, 2.24) is 0 Å². The molecule has 1 aliphatic carbocycles. The lowest BCUT2D eigenvalue weighted by Crippen LogP contribution is -2.67. The van der Waals surface area contributed by atoms with Crippen LogP contribution in [0.1, 0.15) is 19.8 Å². The number of hydrogen-bond acceptors (Lipinski definition) is 10. The molecule has 0 radical (unpaired) electrons. The Balaban J connectivity index is 1.82. The highest BCUT2D eigenvalue weighted by atomic mass is 16.8. The Bertz CT molecular complexity index is 538. The first-order valence-electron chi connectivity index (χ1n) is 8.03. The van der Waals surface area contributed by atoms with Crippen LogP contribution in [0.4, 0.5) is 0 Å². The highest BCUT2D eigenvalue weighted by Crippen LogP contribution is 2.49. The molecule has 1 saturated heterocycles. The summed E-state index contributed by atoms with van der Waals surface area (Å²) in [5.74, 6) is -3.48. The molecule has 2 unspecified atom stereocenters. The molecule has 2 fully saturated rings. The van der Waals surface area contributed by atoms with Gasteiger partial charge < -0.3 is 50.0 Å². The lowest BCUT2D eigenvalue weighted by atomic mass is 9.82. The van der Waals surface area contributed by atoms with Gasteiger partial charge in [0.2, 0.25) is 12.1 Å². The highest BCUT2D eigenvalue weighted by molar-refractivity contribution is 5.16. The zero-order valence-electron chi connectivity index (χ0n) is 13.6. The van der Waals surface area contributed by atoms with Crippen LogP contribution in [0.3, 0.4) is 0 Å². The van der Waals surface area contributed by atoms with Crippen LogP contribution in [-0.4, -0.2) is 90.2 Å².